The molecule has 5 aromatic rings. The van der Waals surface area contributed by atoms with Crippen molar-refractivity contribution in [3.05, 3.63) is 129 Å². The normalized spacial score (nSPS) is 13.8. The Morgan fingerprint density at radius 2 is 1.77 bits per heavy atom. The highest BCUT2D eigenvalue weighted by Crippen LogP contribution is 2.23. The molecule has 0 aliphatic carbocycles. The molecule has 0 unspecified atom stereocenters. The summed E-state index contributed by atoms with van der Waals surface area (Å²) in [4.78, 5) is 42.3. The standard InChI is InChI=1S/C39H43N9O5/c1-3-6-29-9-5-10-30(38(29)51)20-42-44-37(50)25-47-15-13-46(14-16-47)22-27-7-4-8-28(17-27)23-48-24-32(43-45-48)21-41-36(49)19-34-26(2)33-12-11-31(40)18-35(33)53-39(34)52/h3-5,7-12,17-18,20,24,51H,1,6,13-16,19,21-23,25,40H2,2H3,(H,41,49)(H,44,50)/b42-20+. The third-order valence-corrected chi connectivity index (χ3v) is 9.18. The molecule has 0 bridgehead atoms. The largest absolute Gasteiger partial charge is 0.507 e. The summed E-state index contributed by atoms with van der Waals surface area (Å²) in [6, 6.07) is 18.8. The lowest BCUT2D eigenvalue weighted by molar-refractivity contribution is -0.122. The lowest BCUT2D eigenvalue weighted by Gasteiger charge is -2.34. The van der Waals surface area contributed by atoms with E-state index in [1.165, 1.54) is 11.8 Å². The fraction of sp³-hybridized carbons (Fsp3) is 0.282. The van der Waals surface area contributed by atoms with Crippen LogP contribution in [0.4, 0.5) is 5.69 Å². The minimum Gasteiger partial charge on any atom is -0.507 e. The molecule has 1 aliphatic rings. The van der Waals surface area contributed by atoms with Gasteiger partial charge in [0.05, 0.1) is 44.0 Å². The van der Waals surface area contributed by atoms with E-state index in [1.807, 2.05) is 24.3 Å². The van der Waals surface area contributed by atoms with Crippen molar-refractivity contribution in [1.29, 1.82) is 0 Å². The van der Waals surface area contributed by atoms with Crippen molar-refractivity contribution in [3.63, 3.8) is 0 Å². The van der Waals surface area contributed by atoms with Gasteiger partial charge < -0.3 is 20.6 Å². The van der Waals surface area contributed by atoms with Crippen molar-refractivity contribution >= 4 is 34.7 Å². The van der Waals surface area contributed by atoms with Crippen LogP contribution in [0.15, 0.2) is 93.8 Å². The van der Waals surface area contributed by atoms with E-state index in [4.69, 9.17) is 10.2 Å². The predicted octanol–water partition coefficient (Wildman–Crippen LogP) is 2.88. The number of benzene rings is 3. The molecule has 0 saturated carbocycles. The Hall–Kier alpha value is -6.12. The average Bonchev–Trinajstić information content (AvgIpc) is 3.58. The van der Waals surface area contributed by atoms with Crippen molar-refractivity contribution in [1.82, 2.24) is 35.5 Å². The number of nitrogen functional groups attached to an aromatic ring is 1. The molecule has 2 aromatic heterocycles. The Morgan fingerprint density at radius 3 is 2.57 bits per heavy atom. The fourth-order valence-electron chi connectivity index (χ4n) is 6.35. The molecule has 3 heterocycles. The molecule has 14 heteroatoms. The van der Waals surface area contributed by atoms with Gasteiger partial charge in [0.1, 0.15) is 17.0 Å². The van der Waals surface area contributed by atoms with Crippen LogP contribution in [0.1, 0.15) is 39.1 Å². The number of anilines is 1. The number of aromatic nitrogens is 3. The zero-order valence-electron chi connectivity index (χ0n) is 29.6. The summed E-state index contributed by atoms with van der Waals surface area (Å²) in [5.74, 6) is -0.400. The maximum absolute atomic E-state index is 12.8. The highest BCUT2D eigenvalue weighted by molar-refractivity contribution is 5.87. The number of nitrogens with two attached hydrogens (primary N) is 1. The van der Waals surface area contributed by atoms with Gasteiger partial charge in [0.2, 0.25) is 5.91 Å². The molecule has 53 heavy (non-hydrogen) atoms. The fourth-order valence-corrected chi connectivity index (χ4v) is 6.35. The van der Waals surface area contributed by atoms with Crippen molar-refractivity contribution in [2.24, 2.45) is 5.10 Å². The van der Waals surface area contributed by atoms with Gasteiger partial charge in [0.25, 0.3) is 5.91 Å². The molecule has 1 aliphatic heterocycles. The number of hydrogen-bond acceptors (Lipinski definition) is 11. The summed E-state index contributed by atoms with van der Waals surface area (Å²) in [6.07, 6.45) is 5.39. The van der Waals surface area contributed by atoms with Gasteiger partial charge >= 0.3 is 5.63 Å². The number of nitrogens with zero attached hydrogens (tertiary/aromatic N) is 6. The molecule has 3 aromatic carbocycles. The monoisotopic (exact) mass is 717 g/mol. The number of aryl methyl sites for hydroxylation is 1. The first-order valence-electron chi connectivity index (χ1n) is 17.4. The number of aromatic hydroxyl groups is 1. The number of carbonyl (C=O) groups excluding carboxylic acids is 2. The number of piperazine rings is 1. The zero-order chi connectivity index (χ0) is 37.3. The average molecular weight is 718 g/mol. The summed E-state index contributed by atoms with van der Waals surface area (Å²) in [5, 5.41) is 26.4. The summed E-state index contributed by atoms with van der Waals surface area (Å²) >= 11 is 0. The van der Waals surface area contributed by atoms with Crippen LogP contribution in [0.3, 0.4) is 0 Å². The first-order valence-corrected chi connectivity index (χ1v) is 17.4. The molecule has 0 radical (unpaired) electrons. The lowest BCUT2D eigenvalue weighted by atomic mass is 10.0. The van der Waals surface area contributed by atoms with Crippen LogP contribution >= 0.6 is 0 Å². The molecule has 1 fully saturated rings. The van der Waals surface area contributed by atoms with Crippen molar-refractivity contribution in [3.8, 4) is 5.75 Å². The van der Waals surface area contributed by atoms with Crippen LogP contribution in [0, 0.1) is 6.92 Å². The van der Waals surface area contributed by atoms with E-state index in [-0.39, 0.29) is 37.1 Å². The number of rotatable bonds is 14. The predicted molar refractivity (Wildman–Crippen MR) is 202 cm³/mol. The first kappa shape index (κ1) is 36.7. The molecule has 6 rings (SSSR count). The third kappa shape index (κ3) is 9.61. The molecule has 0 atom stereocenters. The second-order valence-electron chi connectivity index (χ2n) is 13.1. The topological polar surface area (TPSA) is 184 Å². The smallest absolute Gasteiger partial charge is 0.340 e. The number of allylic oxidation sites excluding steroid dienone is 1. The Labute approximate surface area is 306 Å². The molecular weight excluding hydrogens is 674 g/mol. The molecule has 2 amide bonds. The van der Waals surface area contributed by atoms with E-state index in [0.717, 1.165) is 49.2 Å². The zero-order valence-corrected chi connectivity index (χ0v) is 29.6. The number of fused-ring (bicyclic) bond motifs is 1. The SMILES string of the molecule is C=CCc1cccc(/C=N/NC(=O)CN2CCN(Cc3cccc(Cn4cc(CNC(=O)Cc5c(C)c6ccc(N)cc6oc5=O)nn4)c3)CC2)c1O. The first-order chi connectivity index (χ1) is 25.6. The van der Waals surface area contributed by atoms with Crippen molar-refractivity contribution in [2.75, 3.05) is 38.5 Å². The van der Waals surface area contributed by atoms with Crippen LogP contribution < -0.4 is 22.1 Å². The van der Waals surface area contributed by atoms with E-state index in [1.54, 1.807) is 48.1 Å². The Morgan fingerprint density at radius 1 is 1.02 bits per heavy atom. The second-order valence-corrected chi connectivity index (χ2v) is 13.1. The van der Waals surface area contributed by atoms with Crippen molar-refractivity contribution < 1.29 is 19.1 Å². The molecule has 0 spiro atoms. The summed E-state index contributed by atoms with van der Waals surface area (Å²) in [6.45, 7) is 10.4. The van der Waals surface area contributed by atoms with Crippen molar-refractivity contribution in [2.45, 2.75) is 39.4 Å². The molecular formula is C39H43N9O5. The number of hydrogen-bond donors (Lipinski definition) is 4. The van der Waals surface area contributed by atoms with Gasteiger partial charge in [0, 0.05) is 55.4 Å². The highest BCUT2D eigenvalue weighted by atomic mass is 16.4. The molecule has 14 nitrogen and oxygen atoms in total. The maximum atomic E-state index is 12.8. The maximum Gasteiger partial charge on any atom is 0.340 e. The van der Waals surface area contributed by atoms with Crippen LogP contribution in [0.25, 0.3) is 11.0 Å². The van der Waals surface area contributed by atoms with Gasteiger partial charge in [-0.25, -0.2) is 14.9 Å². The molecule has 5 N–H and O–H groups in total. The molecule has 1 saturated heterocycles. The van der Waals surface area contributed by atoms with Gasteiger partial charge in [-0.3, -0.25) is 19.4 Å². The van der Waals surface area contributed by atoms with Crippen LogP contribution in [0.5, 0.6) is 5.75 Å². The van der Waals surface area contributed by atoms with E-state index < -0.39 is 5.63 Å². The second kappa shape index (κ2) is 16.9. The number of phenols is 1. The van der Waals surface area contributed by atoms with Crippen LogP contribution in [0.2, 0.25) is 0 Å². The Kier molecular flexibility index (Phi) is 11.7. The third-order valence-electron chi connectivity index (χ3n) is 9.18. The van der Waals surface area contributed by atoms with E-state index in [0.29, 0.717) is 46.6 Å². The number of hydrazone groups is 1. The number of carbonyl (C=O) groups is 2. The Balaban J connectivity index is 0.931. The number of nitrogens with one attached hydrogen (secondary N) is 2. The van der Waals surface area contributed by atoms with Gasteiger partial charge in [-0.2, -0.15) is 5.10 Å². The van der Waals surface area contributed by atoms with E-state index in [2.05, 4.69) is 54.7 Å². The number of amides is 2. The highest BCUT2D eigenvalue weighted by Gasteiger charge is 2.20. The lowest BCUT2D eigenvalue weighted by Crippen LogP contribution is -2.48. The minimum absolute atomic E-state index is 0.116. The number of phenolic OH excluding ortho intramolecular Hbond substituents is 1. The van der Waals surface area contributed by atoms with Crippen LogP contribution in [-0.4, -0.2) is 80.7 Å². The summed E-state index contributed by atoms with van der Waals surface area (Å²) in [5.41, 5.74) is 13.8. The van der Waals surface area contributed by atoms with Gasteiger partial charge in [-0.15, -0.1) is 11.7 Å². The Bertz CT molecular complexity index is 2200. The minimum atomic E-state index is -0.557. The molecule has 274 valence electrons. The summed E-state index contributed by atoms with van der Waals surface area (Å²) in [7, 11) is 0. The van der Waals surface area contributed by atoms with E-state index in [9.17, 15) is 19.5 Å². The quantitative estimate of drug-likeness (QED) is 0.0438. The van der Waals surface area contributed by atoms with Gasteiger partial charge in [-0.05, 0) is 53.8 Å². The number of para-hydroxylation sites is 1. The van der Waals surface area contributed by atoms with Gasteiger partial charge in [0.15, 0.2) is 0 Å². The van der Waals surface area contributed by atoms with Crippen LogP contribution in [-0.2, 0) is 42.1 Å². The van der Waals surface area contributed by atoms with E-state index >= 15 is 0 Å². The van der Waals surface area contributed by atoms with Gasteiger partial charge in [-0.1, -0.05) is 47.7 Å². The summed E-state index contributed by atoms with van der Waals surface area (Å²) < 4.78 is 7.13.